The maximum absolute atomic E-state index is 13.4. The van der Waals surface area contributed by atoms with E-state index in [9.17, 15) is 14.4 Å². The van der Waals surface area contributed by atoms with Gasteiger partial charge in [-0.15, -0.1) is 0 Å². The van der Waals surface area contributed by atoms with Gasteiger partial charge in [0, 0.05) is 17.3 Å². The summed E-state index contributed by atoms with van der Waals surface area (Å²) >= 11 is 0. The van der Waals surface area contributed by atoms with Crippen LogP contribution >= 0.6 is 0 Å². The topological polar surface area (TPSA) is 108 Å². The number of rotatable bonds is 6. The number of carbonyl (C=O) groups excluding carboxylic acids is 2. The van der Waals surface area contributed by atoms with Crippen LogP contribution in [0.1, 0.15) is 46.1 Å². The smallest absolute Gasteiger partial charge is 0.291 e. The molecule has 0 bridgehead atoms. The fourth-order valence-electron chi connectivity index (χ4n) is 3.51. The molecular formula is C25H24N4O4. The number of para-hydroxylation sites is 1. The second-order valence-corrected chi connectivity index (χ2v) is 8.02. The van der Waals surface area contributed by atoms with Crippen molar-refractivity contribution in [1.29, 1.82) is 0 Å². The Labute approximate surface area is 190 Å². The Morgan fingerprint density at radius 1 is 1.12 bits per heavy atom. The van der Waals surface area contributed by atoms with Crippen molar-refractivity contribution in [3.8, 4) is 0 Å². The maximum atomic E-state index is 13.4. The first-order valence-corrected chi connectivity index (χ1v) is 10.6. The molecule has 0 saturated heterocycles. The molecule has 168 valence electrons. The zero-order chi connectivity index (χ0) is 23.5. The van der Waals surface area contributed by atoms with Crippen LogP contribution in [-0.4, -0.2) is 32.7 Å². The van der Waals surface area contributed by atoms with Crippen LogP contribution in [-0.2, 0) is 6.54 Å². The van der Waals surface area contributed by atoms with Gasteiger partial charge in [-0.25, -0.2) is 4.98 Å². The number of H-pyrrole nitrogens is 1. The number of anilines is 1. The minimum Gasteiger partial charge on any atom is -0.459 e. The minimum absolute atomic E-state index is 0.137. The highest BCUT2D eigenvalue weighted by Crippen LogP contribution is 2.21. The fourth-order valence-corrected chi connectivity index (χ4v) is 3.51. The lowest BCUT2D eigenvalue weighted by atomic mass is 10.1. The van der Waals surface area contributed by atoms with E-state index in [0.29, 0.717) is 28.0 Å². The summed E-state index contributed by atoms with van der Waals surface area (Å²) in [5.74, 6) is -0.0545. The normalized spacial score (nSPS) is 11.0. The highest BCUT2D eigenvalue weighted by molar-refractivity contribution is 6.04. The van der Waals surface area contributed by atoms with Crippen LogP contribution in [0.25, 0.3) is 10.9 Å². The van der Waals surface area contributed by atoms with E-state index in [0.717, 1.165) is 5.56 Å². The largest absolute Gasteiger partial charge is 0.459 e. The van der Waals surface area contributed by atoms with Gasteiger partial charge in [0.05, 0.1) is 23.7 Å². The number of fused-ring (bicyclic) bond motifs is 1. The van der Waals surface area contributed by atoms with Crippen LogP contribution in [0.4, 0.5) is 5.69 Å². The molecule has 2 amide bonds. The van der Waals surface area contributed by atoms with Crippen molar-refractivity contribution >= 4 is 28.4 Å². The summed E-state index contributed by atoms with van der Waals surface area (Å²) in [6.07, 6.45) is 1.42. The summed E-state index contributed by atoms with van der Waals surface area (Å²) in [6.45, 7) is 5.77. The first-order chi connectivity index (χ1) is 15.8. The van der Waals surface area contributed by atoms with E-state index in [1.54, 1.807) is 53.4 Å². The summed E-state index contributed by atoms with van der Waals surface area (Å²) in [4.78, 5) is 47.1. The Morgan fingerprint density at radius 3 is 2.64 bits per heavy atom. The number of nitrogens with zero attached hydrogens (tertiary/aromatic N) is 2. The van der Waals surface area contributed by atoms with Crippen LogP contribution in [0.3, 0.4) is 0 Å². The van der Waals surface area contributed by atoms with E-state index in [-0.39, 0.29) is 29.8 Å². The van der Waals surface area contributed by atoms with Crippen LogP contribution in [0, 0.1) is 6.92 Å². The maximum Gasteiger partial charge on any atom is 0.291 e. The number of benzene rings is 2. The number of carbonyl (C=O) groups is 2. The molecular weight excluding hydrogens is 420 g/mol. The zero-order valence-electron chi connectivity index (χ0n) is 18.6. The van der Waals surface area contributed by atoms with E-state index >= 15 is 0 Å². The lowest BCUT2D eigenvalue weighted by molar-refractivity contribution is 0.0684. The molecule has 2 heterocycles. The molecule has 0 unspecified atom stereocenters. The van der Waals surface area contributed by atoms with Crippen molar-refractivity contribution in [2.45, 2.75) is 33.4 Å². The number of aromatic amines is 1. The Kier molecular flexibility index (Phi) is 6.08. The monoisotopic (exact) mass is 444 g/mol. The number of furan rings is 1. The van der Waals surface area contributed by atoms with Gasteiger partial charge >= 0.3 is 0 Å². The third kappa shape index (κ3) is 4.69. The van der Waals surface area contributed by atoms with Gasteiger partial charge in [0.1, 0.15) is 5.82 Å². The van der Waals surface area contributed by atoms with Gasteiger partial charge in [-0.05, 0) is 62.7 Å². The number of nitrogens with one attached hydrogen (secondary N) is 2. The van der Waals surface area contributed by atoms with Crippen molar-refractivity contribution in [2.75, 3.05) is 5.32 Å². The number of amides is 2. The molecule has 0 aliphatic rings. The molecule has 2 N–H and O–H groups in total. The quantitative estimate of drug-likeness (QED) is 0.465. The second kappa shape index (κ2) is 9.12. The number of aromatic nitrogens is 2. The van der Waals surface area contributed by atoms with Crippen LogP contribution < -0.4 is 10.9 Å². The van der Waals surface area contributed by atoms with Gasteiger partial charge in [0.15, 0.2) is 5.76 Å². The zero-order valence-corrected chi connectivity index (χ0v) is 18.6. The molecule has 0 spiro atoms. The predicted octanol–water partition coefficient (Wildman–Crippen LogP) is 4.13. The molecule has 0 aliphatic carbocycles. The molecule has 0 fully saturated rings. The molecule has 33 heavy (non-hydrogen) atoms. The molecule has 2 aromatic heterocycles. The Morgan fingerprint density at radius 2 is 1.91 bits per heavy atom. The molecule has 0 aliphatic heterocycles. The lowest BCUT2D eigenvalue weighted by Crippen LogP contribution is -2.37. The van der Waals surface area contributed by atoms with Gasteiger partial charge in [-0.2, -0.15) is 0 Å². The van der Waals surface area contributed by atoms with Gasteiger partial charge in [-0.3, -0.25) is 14.4 Å². The predicted molar refractivity (Wildman–Crippen MR) is 125 cm³/mol. The standard InChI is InChI=1S/C25H24N4O4/c1-15(2)29(14-22-26-19-8-5-4-7-18(19)23(30)28-22)25(32)17-11-10-16(3)20(13-17)27-24(31)21-9-6-12-33-21/h4-13,15H,14H2,1-3H3,(H,27,31)(H,26,28,30). The van der Waals surface area contributed by atoms with Gasteiger partial charge < -0.3 is 19.6 Å². The molecule has 4 rings (SSSR count). The van der Waals surface area contributed by atoms with Gasteiger partial charge in [0.25, 0.3) is 17.4 Å². The van der Waals surface area contributed by atoms with Gasteiger partial charge in [0.2, 0.25) is 0 Å². The van der Waals surface area contributed by atoms with E-state index in [1.807, 2.05) is 26.8 Å². The average molecular weight is 444 g/mol. The average Bonchev–Trinajstić information content (AvgIpc) is 3.33. The molecule has 0 atom stereocenters. The molecule has 8 heteroatoms. The van der Waals surface area contributed by atoms with Crippen molar-refractivity contribution < 1.29 is 14.0 Å². The second-order valence-electron chi connectivity index (χ2n) is 8.02. The van der Waals surface area contributed by atoms with Crippen molar-refractivity contribution in [3.05, 3.63) is 93.9 Å². The Bertz CT molecular complexity index is 1370. The van der Waals surface area contributed by atoms with Gasteiger partial charge in [-0.1, -0.05) is 18.2 Å². The van der Waals surface area contributed by atoms with E-state index in [2.05, 4.69) is 15.3 Å². The van der Waals surface area contributed by atoms with Crippen LogP contribution in [0.15, 0.2) is 70.1 Å². The van der Waals surface area contributed by atoms with E-state index in [1.165, 1.54) is 6.26 Å². The number of hydrogen-bond acceptors (Lipinski definition) is 5. The summed E-state index contributed by atoms with van der Waals surface area (Å²) in [7, 11) is 0. The third-order valence-electron chi connectivity index (χ3n) is 5.34. The molecule has 8 nitrogen and oxygen atoms in total. The first kappa shape index (κ1) is 22.0. The first-order valence-electron chi connectivity index (χ1n) is 10.6. The SMILES string of the molecule is Cc1ccc(C(=O)N(Cc2nc3ccccc3c(=O)[nH]2)C(C)C)cc1NC(=O)c1ccco1. The fraction of sp³-hybridized carbons (Fsp3) is 0.200. The third-order valence-corrected chi connectivity index (χ3v) is 5.34. The summed E-state index contributed by atoms with van der Waals surface area (Å²) < 4.78 is 5.14. The highest BCUT2D eigenvalue weighted by atomic mass is 16.3. The molecule has 4 aromatic rings. The molecule has 2 aromatic carbocycles. The minimum atomic E-state index is -0.397. The van der Waals surface area contributed by atoms with Crippen LogP contribution in [0.2, 0.25) is 0 Å². The summed E-state index contributed by atoms with van der Waals surface area (Å²) in [5, 5.41) is 3.29. The van der Waals surface area contributed by atoms with Crippen LogP contribution in [0.5, 0.6) is 0 Å². The van der Waals surface area contributed by atoms with Crippen molar-refractivity contribution in [2.24, 2.45) is 0 Å². The summed E-state index contributed by atoms with van der Waals surface area (Å²) in [5.41, 5.74) is 2.06. The summed E-state index contributed by atoms with van der Waals surface area (Å²) in [6, 6.07) is 15.3. The Balaban J connectivity index is 1.61. The molecule has 0 radical (unpaired) electrons. The highest BCUT2D eigenvalue weighted by Gasteiger charge is 2.22. The number of aryl methyl sites for hydroxylation is 1. The van der Waals surface area contributed by atoms with Crippen molar-refractivity contribution in [1.82, 2.24) is 14.9 Å². The number of hydrogen-bond donors (Lipinski definition) is 2. The van der Waals surface area contributed by atoms with E-state index in [4.69, 9.17) is 4.42 Å². The lowest BCUT2D eigenvalue weighted by Gasteiger charge is -2.26. The molecule has 0 saturated carbocycles. The Hall–Kier alpha value is -4.20. The van der Waals surface area contributed by atoms with E-state index < -0.39 is 5.91 Å². The van der Waals surface area contributed by atoms with Crippen molar-refractivity contribution in [3.63, 3.8) is 0 Å².